The van der Waals surface area contributed by atoms with Gasteiger partial charge in [0.1, 0.15) is 5.82 Å². The predicted octanol–water partition coefficient (Wildman–Crippen LogP) is 1.83. The molecule has 2 aromatic carbocycles. The van der Waals surface area contributed by atoms with Crippen molar-refractivity contribution in [1.29, 1.82) is 0 Å². The Morgan fingerprint density at radius 3 is 2.44 bits per heavy atom. The minimum atomic E-state index is -3.55. The van der Waals surface area contributed by atoms with E-state index in [1.54, 1.807) is 29.2 Å². The lowest BCUT2D eigenvalue weighted by molar-refractivity contribution is 0.252. The topological polar surface area (TPSA) is 78.5 Å². The van der Waals surface area contributed by atoms with Crippen molar-refractivity contribution in [2.24, 2.45) is 0 Å². The van der Waals surface area contributed by atoms with E-state index in [9.17, 15) is 17.6 Å². The monoisotopic (exact) mass is 387 g/mol. The van der Waals surface area contributed by atoms with Gasteiger partial charge in [-0.2, -0.15) is 0 Å². The van der Waals surface area contributed by atoms with Crippen LogP contribution in [0.25, 0.3) is 0 Å². The fraction of sp³-hybridized carbons (Fsp3) is 0.211. The molecule has 0 aromatic heterocycles. The van der Waals surface area contributed by atoms with E-state index in [0.29, 0.717) is 18.7 Å². The molecule has 1 heterocycles. The van der Waals surface area contributed by atoms with E-state index in [1.165, 1.54) is 24.3 Å². The molecule has 2 aromatic rings. The van der Waals surface area contributed by atoms with Crippen LogP contribution in [-0.4, -0.2) is 34.1 Å². The van der Waals surface area contributed by atoms with E-state index in [0.717, 1.165) is 11.3 Å². The number of urea groups is 1. The molecule has 2 amide bonds. The SMILES string of the molecule is O=C1NCCN1c1ccc(C#CCNS(=O)(=O)Cc2ccc(F)cc2)cc1. The molecular weight excluding hydrogens is 369 g/mol. The highest BCUT2D eigenvalue weighted by Gasteiger charge is 2.20. The minimum absolute atomic E-state index is 0.0280. The van der Waals surface area contributed by atoms with Gasteiger partial charge in [0.2, 0.25) is 10.0 Å². The van der Waals surface area contributed by atoms with Gasteiger partial charge in [0.15, 0.2) is 0 Å². The van der Waals surface area contributed by atoms with Crippen molar-refractivity contribution >= 4 is 21.7 Å². The molecule has 0 radical (unpaired) electrons. The van der Waals surface area contributed by atoms with Crippen molar-refractivity contribution in [2.75, 3.05) is 24.5 Å². The Hall–Kier alpha value is -2.89. The Morgan fingerprint density at radius 1 is 1.11 bits per heavy atom. The smallest absolute Gasteiger partial charge is 0.321 e. The average Bonchev–Trinajstić information content (AvgIpc) is 3.07. The number of anilines is 1. The second-order valence-corrected chi connectivity index (χ2v) is 7.75. The van der Waals surface area contributed by atoms with Gasteiger partial charge in [-0.15, -0.1) is 0 Å². The van der Waals surface area contributed by atoms with Gasteiger partial charge in [-0.05, 0) is 42.0 Å². The highest BCUT2D eigenvalue weighted by Crippen LogP contribution is 2.16. The van der Waals surface area contributed by atoms with E-state index in [1.807, 2.05) is 0 Å². The van der Waals surface area contributed by atoms with E-state index < -0.39 is 15.8 Å². The first kappa shape index (κ1) is 18.9. The van der Waals surface area contributed by atoms with Crippen LogP contribution in [0, 0.1) is 17.7 Å². The van der Waals surface area contributed by atoms with Crippen molar-refractivity contribution in [3.8, 4) is 11.8 Å². The fourth-order valence-electron chi connectivity index (χ4n) is 2.59. The maximum Gasteiger partial charge on any atom is 0.321 e. The molecule has 3 rings (SSSR count). The largest absolute Gasteiger partial charge is 0.336 e. The number of carbonyl (C=O) groups is 1. The number of sulfonamides is 1. The lowest BCUT2D eigenvalue weighted by Crippen LogP contribution is -2.27. The zero-order chi connectivity index (χ0) is 19.3. The molecule has 6 nitrogen and oxygen atoms in total. The van der Waals surface area contributed by atoms with Crippen LogP contribution in [-0.2, 0) is 15.8 Å². The van der Waals surface area contributed by atoms with Gasteiger partial charge in [0, 0.05) is 24.3 Å². The van der Waals surface area contributed by atoms with Crippen molar-refractivity contribution in [2.45, 2.75) is 5.75 Å². The molecule has 8 heteroatoms. The van der Waals surface area contributed by atoms with Crippen molar-refractivity contribution in [3.63, 3.8) is 0 Å². The molecule has 0 bridgehead atoms. The first-order chi connectivity index (χ1) is 12.9. The number of rotatable bonds is 5. The minimum Gasteiger partial charge on any atom is -0.336 e. The number of carbonyl (C=O) groups excluding carboxylic acids is 1. The predicted molar refractivity (Wildman–Crippen MR) is 101 cm³/mol. The summed E-state index contributed by atoms with van der Waals surface area (Å²) in [7, 11) is -3.55. The van der Waals surface area contributed by atoms with Crippen LogP contribution in [0.5, 0.6) is 0 Å². The van der Waals surface area contributed by atoms with E-state index in [-0.39, 0.29) is 18.3 Å². The molecule has 0 aliphatic carbocycles. The molecule has 1 aliphatic rings. The Kier molecular flexibility index (Phi) is 5.74. The molecular formula is C19H18FN3O3S. The molecule has 140 valence electrons. The summed E-state index contributed by atoms with van der Waals surface area (Å²) in [6, 6.07) is 12.3. The Morgan fingerprint density at radius 2 is 1.81 bits per heavy atom. The lowest BCUT2D eigenvalue weighted by atomic mass is 10.2. The highest BCUT2D eigenvalue weighted by atomic mass is 32.2. The summed E-state index contributed by atoms with van der Waals surface area (Å²) < 4.78 is 39.3. The van der Waals surface area contributed by atoms with Crippen molar-refractivity contribution < 1.29 is 17.6 Å². The maximum atomic E-state index is 12.9. The molecule has 1 saturated heterocycles. The van der Waals surface area contributed by atoms with Crippen LogP contribution < -0.4 is 14.9 Å². The second kappa shape index (κ2) is 8.20. The molecule has 1 aliphatic heterocycles. The van der Waals surface area contributed by atoms with Crippen molar-refractivity contribution in [3.05, 3.63) is 65.5 Å². The number of halogens is 1. The average molecular weight is 387 g/mol. The summed E-state index contributed by atoms with van der Waals surface area (Å²) in [6.45, 7) is 1.22. The Bertz CT molecular complexity index is 978. The molecule has 0 spiro atoms. The first-order valence-corrected chi connectivity index (χ1v) is 9.94. The van der Waals surface area contributed by atoms with E-state index in [2.05, 4.69) is 21.9 Å². The maximum absolute atomic E-state index is 12.9. The van der Waals surface area contributed by atoms with Gasteiger partial charge in [0.05, 0.1) is 12.3 Å². The number of amides is 2. The quantitative estimate of drug-likeness (QED) is 0.769. The first-order valence-electron chi connectivity index (χ1n) is 8.29. The van der Waals surface area contributed by atoms with Gasteiger partial charge in [-0.25, -0.2) is 22.3 Å². The molecule has 1 fully saturated rings. The summed E-state index contributed by atoms with van der Waals surface area (Å²) in [5.41, 5.74) is 2.00. The number of nitrogens with one attached hydrogen (secondary N) is 2. The fourth-order valence-corrected chi connectivity index (χ4v) is 3.61. The zero-order valence-electron chi connectivity index (χ0n) is 14.4. The van der Waals surface area contributed by atoms with Gasteiger partial charge in [-0.3, -0.25) is 4.90 Å². The normalized spacial score (nSPS) is 13.8. The third-order valence-corrected chi connectivity index (χ3v) is 5.22. The van der Waals surface area contributed by atoms with E-state index >= 15 is 0 Å². The third kappa shape index (κ3) is 5.29. The third-order valence-electron chi connectivity index (χ3n) is 3.92. The van der Waals surface area contributed by atoms with Gasteiger partial charge in [-0.1, -0.05) is 24.0 Å². The molecule has 0 unspecified atom stereocenters. The van der Waals surface area contributed by atoms with Crippen LogP contribution >= 0.6 is 0 Å². The summed E-state index contributed by atoms with van der Waals surface area (Å²) in [5, 5.41) is 2.73. The molecule has 27 heavy (non-hydrogen) atoms. The summed E-state index contributed by atoms with van der Waals surface area (Å²) in [6.07, 6.45) is 0. The van der Waals surface area contributed by atoms with Crippen LogP contribution in [0.15, 0.2) is 48.5 Å². The molecule has 0 saturated carbocycles. The number of nitrogens with zero attached hydrogens (tertiary/aromatic N) is 1. The highest BCUT2D eigenvalue weighted by molar-refractivity contribution is 7.88. The number of hydrogen-bond donors (Lipinski definition) is 2. The standard InChI is InChI=1S/C19H18FN3O3S/c20-17-7-3-16(4-8-17)14-27(25,26)22-11-1-2-15-5-9-18(10-6-15)23-13-12-21-19(23)24/h3-10,22H,11-14H2,(H,21,24). The lowest BCUT2D eigenvalue weighted by Gasteiger charge is -2.13. The Labute approximate surface area is 157 Å². The van der Waals surface area contributed by atoms with Crippen molar-refractivity contribution in [1.82, 2.24) is 10.0 Å². The van der Waals surface area contributed by atoms with Crippen LogP contribution in [0.3, 0.4) is 0 Å². The summed E-state index contributed by atoms with van der Waals surface area (Å²) in [4.78, 5) is 13.3. The van der Waals surface area contributed by atoms with Gasteiger partial charge in [0.25, 0.3) is 0 Å². The molecule has 0 atom stereocenters. The number of benzene rings is 2. The van der Waals surface area contributed by atoms with Crippen LogP contribution in [0.2, 0.25) is 0 Å². The second-order valence-electron chi connectivity index (χ2n) is 5.94. The number of hydrogen-bond acceptors (Lipinski definition) is 3. The van der Waals surface area contributed by atoms with Gasteiger partial charge < -0.3 is 5.32 Å². The van der Waals surface area contributed by atoms with Crippen LogP contribution in [0.1, 0.15) is 11.1 Å². The Balaban J connectivity index is 1.53. The summed E-state index contributed by atoms with van der Waals surface area (Å²) >= 11 is 0. The summed E-state index contributed by atoms with van der Waals surface area (Å²) in [5.74, 6) is 4.98. The molecule has 2 N–H and O–H groups in total. The van der Waals surface area contributed by atoms with Crippen LogP contribution in [0.4, 0.5) is 14.9 Å². The zero-order valence-corrected chi connectivity index (χ0v) is 15.2. The van der Waals surface area contributed by atoms with E-state index in [4.69, 9.17) is 0 Å². The van der Waals surface area contributed by atoms with Gasteiger partial charge >= 0.3 is 6.03 Å².